The van der Waals surface area contributed by atoms with Crippen LogP contribution in [0.5, 0.6) is 0 Å². The largest absolute Gasteiger partial charge is 0.479 e. The standard InChI is InChI=1S/C77H118O42/c1-26-54(112-67-58(42(88)33(84)23-104-67)116-68-57(41(87)32(83)24-105-68)114-63-50(96)40(86)31(82)22-103-63)49(95)53(99)64(106-26)118-61-60(117-66-52(98)46(92)44(90)35(21-79)110-66)55(108-28(3)81)27(2)107-70(61)119-71(102)77-17-16-72(4,5)18-30(77)29-10-11-37-73(6)14-13-39(74(7,25-80)36(73)12-15-75(37,8)76(29,9)19-38(77)85)111-69-59(48(94)47(93)56(113-69)62(100)101)115-65-51(97)45(91)43(89)34(20-78)109-65/h10,12,25-27,30-35,37-61,63-70,78-79,82-99H,11,13-24H2,1-9H3,(H,100,101)/t26-,27+,30-,31-,32-,33+,34+,35+,37+,38+,39-,40-,41-,42-,43-,44+,45-,46-,47-,48-,49-,50+,51+,52+,53+,54-,55-,56-,57+,58+,59+,60-,61+,63-,64-,65-,66-,67-,68-,69+,70-,73-,74-,75+,76+,77+/m0/s1. The number of aldehydes is 1. The van der Waals surface area contributed by atoms with E-state index in [1.165, 1.54) is 13.8 Å². The Kier molecular flexibility index (Phi) is 27.6. The Morgan fingerprint density at radius 1 is 0.471 bits per heavy atom. The third-order valence-electron chi connectivity index (χ3n) is 28.2. The van der Waals surface area contributed by atoms with Crippen molar-refractivity contribution < 1.29 is 207 Å². The van der Waals surface area contributed by atoms with E-state index in [-0.39, 0.29) is 38.0 Å². The molecule has 42 heteroatoms. The molecule has 8 saturated heterocycles. The number of carboxylic acid groups (broad SMARTS) is 1. The van der Waals surface area contributed by atoms with Gasteiger partial charge in [0.05, 0.1) is 62.9 Å². The van der Waals surface area contributed by atoms with Gasteiger partial charge in [0, 0.05) is 6.92 Å². The molecule has 0 spiro atoms. The molecule has 46 atom stereocenters. The minimum absolute atomic E-state index is 0.00165. The van der Waals surface area contributed by atoms with Crippen LogP contribution in [-0.2, 0) is 99.7 Å². The van der Waals surface area contributed by atoms with Gasteiger partial charge in [-0.1, -0.05) is 57.9 Å². The van der Waals surface area contributed by atoms with Crippen molar-refractivity contribution in [2.24, 2.45) is 44.3 Å². The smallest absolute Gasteiger partial charge is 0.335 e. The van der Waals surface area contributed by atoms with Crippen molar-refractivity contribution >= 4 is 24.2 Å². The second-order valence-corrected chi connectivity index (χ2v) is 36.1. The van der Waals surface area contributed by atoms with Gasteiger partial charge in [0.1, 0.15) is 158 Å². The molecule has 0 unspecified atom stereocenters. The number of aliphatic hydroxyl groups excluding tert-OH is 20. The second-order valence-electron chi connectivity index (χ2n) is 36.1. The van der Waals surface area contributed by atoms with Crippen molar-refractivity contribution in [1.29, 1.82) is 0 Å². The van der Waals surface area contributed by atoms with Gasteiger partial charge in [0.15, 0.2) is 62.3 Å². The Morgan fingerprint density at radius 3 is 1.51 bits per heavy atom. The topological polar surface area (TPSA) is 650 Å². The van der Waals surface area contributed by atoms with Crippen LogP contribution < -0.4 is 0 Å². The van der Waals surface area contributed by atoms with Crippen molar-refractivity contribution in [2.75, 3.05) is 33.0 Å². The number of esters is 2. The number of carbonyl (C=O) groups is 4. The van der Waals surface area contributed by atoms with Crippen LogP contribution in [0.1, 0.15) is 114 Å². The average molecular weight is 1720 g/mol. The Labute approximate surface area is 682 Å². The molecule has 13 rings (SSSR count). The molecule has 0 aromatic rings. The van der Waals surface area contributed by atoms with Gasteiger partial charge in [-0.25, -0.2) is 4.79 Å². The van der Waals surface area contributed by atoms with E-state index in [4.69, 9.17) is 80.5 Å². The number of aliphatic carboxylic acids is 1. The van der Waals surface area contributed by atoms with E-state index < -0.39 is 329 Å². The highest BCUT2D eigenvalue weighted by Gasteiger charge is 2.72. The summed E-state index contributed by atoms with van der Waals surface area (Å²) >= 11 is 0. The average Bonchev–Trinajstić information content (AvgIpc) is 0.669. The summed E-state index contributed by atoms with van der Waals surface area (Å²) in [6.45, 7) is 11.9. The van der Waals surface area contributed by atoms with Crippen LogP contribution in [0.3, 0.4) is 0 Å². The molecule has 0 radical (unpaired) electrons. The molecular weight excluding hydrogens is 1600 g/mol. The molecule has 42 nitrogen and oxygen atoms in total. The summed E-state index contributed by atoms with van der Waals surface area (Å²) in [5.41, 5.74) is -5.10. The molecule has 11 fully saturated rings. The normalized spacial score (nSPS) is 53.2. The lowest BCUT2D eigenvalue weighted by Gasteiger charge is -2.69. The van der Waals surface area contributed by atoms with Gasteiger partial charge in [-0.05, 0) is 106 Å². The van der Waals surface area contributed by atoms with E-state index in [1.807, 2.05) is 33.8 Å². The lowest BCUT2D eigenvalue weighted by molar-refractivity contribution is -0.398. The number of hydrogen-bond donors (Lipinski definition) is 21. The molecule has 8 aliphatic heterocycles. The van der Waals surface area contributed by atoms with Gasteiger partial charge in [0.2, 0.25) is 6.29 Å². The SMILES string of the molecule is CC(=O)O[C@@H]1[C@H](O[C@@H]2O[C@H](CO)[C@@H](O)[C@H](O)[C@H]2O)[C@@H](O[C@@H]2O[C@@H](C)[C@H](O[C@@H]3OC[C@@H](O)[C@H](O)[C@H]3O[C@@H]3OC[C@H](O)[C@H](O)[C@H]3O[C@@H]3OC[C@H](O)[C@H](O)[C@H]3O)[C@@H](O)[C@H]2O)[C@H](OC(=O)[C@]23CCC(C)(C)C[C@H]2C2=CC[C@@H]4[C@@]5(C)CC[C@H](O[C@@H]6O[C@H](C(=O)O)[C@@H](O)[C@H](O)[C@H]6O[C@@H]6O[C@H](CO)[C@H](O)[C@H](O)[C@H]6O)[C@@](C)(C=O)C5=CC[C@@]4(C)[C@]2(C)C[C@H]3O)O[C@@H]1C. The molecule has 0 aromatic carbocycles. The molecule has 0 aromatic heterocycles. The maximum absolute atomic E-state index is 16.4. The summed E-state index contributed by atoms with van der Waals surface area (Å²) < 4.78 is 103. The van der Waals surface area contributed by atoms with Crippen molar-refractivity contribution in [1.82, 2.24) is 0 Å². The second kappa shape index (κ2) is 35.4. The Hall–Kier alpha value is -3.84. The van der Waals surface area contributed by atoms with Crippen LogP contribution in [0.25, 0.3) is 0 Å². The van der Waals surface area contributed by atoms with E-state index >= 15 is 4.79 Å². The molecule has 13 aliphatic rings. The third kappa shape index (κ3) is 16.5. The number of fused-ring (bicyclic) bond motifs is 7. The molecule has 21 N–H and O–H groups in total. The molecule has 3 saturated carbocycles. The fraction of sp³-hybridized carbons (Fsp3) is 0.896. The molecule has 119 heavy (non-hydrogen) atoms. The van der Waals surface area contributed by atoms with E-state index in [1.54, 1.807) is 6.92 Å². The van der Waals surface area contributed by atoms with Gasteiger partial charge in [-0.3, -0.25) is 9.59 Å². The number of ether oxygens (including phenoxy) is 17. The zero-order valence-electron chi connectivity index (χ0n) is 67.1. The number of carboxylic acids is 1. The fourth-order valence-corrected chi connectivity index (χ4v) is 21.0. The van der Waals surface area contributed by atoms with Crippen molar-refractivity contribution in [2.45, 2.75) is 353 Å². The van der Waals surface area contributed by atoms with Gasteiger partial charge in [-0.15, -0.1) is 0 Å². The summed E-state index contributed by atoms with van der Waals surface area (Å²) in [5, 5.41) is 232. The van der Waals surface area contributed by atoms with Gasteiger partial charge >= 0.3 is 17.9 Å². The number of rotatable bonds is 21. The van der Waals surface area contributed by atoms with E-state index in [0.29, 0.717) is 31.1 Å². The van der Waals surface area contributed by atoms with Crippen LogP contribution in [0.4, 0.5) is 0 Å². The first-order valence-corrected chi connectivity index (χ1v) is 40.5. The van der Waals surface area contributed by atoms with Crippen molar-refractivity contribution in [3.05, 3.63) is 23.3 Å². The van der Waals surface area contributed by atoms with Gasteiger partial charge in [0.25, 0.3) is 0 Å². The Morgan fingerprint density at radius 2 is 0.950 bits per heavy atom. The van der Waals surface area contributed by atoms with Crippen LogP contribution in [0.15, 0.2) is 23.3 Å². The highest BCUT2D eigenvalue weighted by atomic mass is 16.8. The van der Waals surface area contributed by atoms with Gasteiger partial charge in [-0.2, -0.15) is 0 Å². The summed E-state index contributed by atoms with van der Waals surface area (Å²) in [4.78, 5) is 56.3. The lowest BCUT2D eigenvalue weighted by atomic mass is 9.35. The third-order valence-corrected chi connectivity index (χ3v) is 28.2. The van der Waals surface area contributed by atoms with Crippen LogP contribution in [0, 0.1) is 44.3 Å². The zero-order valence-corrected chi connectivity index (χ0v) is 67.1. The van der Waals surface area contributed by atoms with E-state index in [2.05, 4.69) is 13.0 Å². The van der Waals surface area contributed by atoms with Crippen LogP contribution in [0.2, 0.25) is 0 Å². The zero-order chi connectivity index (χ0) is 86.9. The minimum atomic E-state index is -2.27. The summed E-state index contributed by atoms with van der Waals surface area (Å²) in [6.07, 6.45) is -66.3. The van der Waals surface area contributed by atoms with Crippen molar-refractivity contribution in [3.63, 3.8) is 0 Å². The highest BCUT2D eigenvalue weighted by Crippen LogP contribution is 2.75. The number of allylic oxidation sites excluding steroid dienone is 3. The number of aliphatic hydroxyl groups is 20. The maximum atomic E-state index is 16.4. The molecule has 0 bridgehead atoms. The first-order chi connectivity index (χ1) is 55.9. The quantitative estimate of drug-likeness (QED) is 0.0288. The monoisotopic (exact) mass is 1710 g/mol. The Balaban J connectivity index is 0.784. The van der Waals surface area contributed by atoms with E-state index in [0.717, 1.165) is 12.5 Å². The molecule has 5 aliphatic carbocycles. The summed E-state index contributed by atoms with van der Waals surface area (Å²) in [5.74, 6) is -4.86. The summed E-state index contributed by atoms with van der Waals surface area (Å²) in [6, 6.07) is 0. The number of carbonyl (C=O) groups excluding carboxylic acids is 3. The lowest BCUT2D eigenvalue weighted by Crippen LogP contribution is -2.69. The van der Waals surface area contributed by atoms with Gasteiger partial charge < -0.3 is 193 Å². The van der Waals surface area contributed by atoms with Crippen LogP contribution >= 0.6 is 0 Å². The summed E-state index contributed by atoms with van der Waals surface area (Å²) in [7, 11) is 0. The first kappa shape index (κ1) is 92.8. The molecule has 8 heterocycles. The fourth-order valence-electron chi connectivity index (χ4n) is 21.0. The minimum Gasteiger partial charge on any atom is -0.479 e. The number of hydrogen-bond acceptors (Lipinski definition) is 41. The molecular formula is C77H118O42. The molecule has 0 amide bonds. The van der Waals surface area contributed by atoms with E-state index in [9.17, 15) is 122 Å². The van der Waals surface area contributed by atoms with Crippen LogP contribution in [-0.4, -0.2) is 404 Å². The first-order valence-electron chi connectivity index (χ1n) is 40.5. The Bertz CT molecular complexity index is 3610. The molecule has 678 valence electrons. The highest BCUT2D eigenvalue weighted by molar-refractivity contribution is 5.80. The van der Waals surface area contributed by atoms with Crippen molar-refractivity contribution in [3.8, 4) is 0 Å². The predicted molar refractivity (Wildman–Crippen MR) is 384 cm³/mol. The predicted octanol–water partition coefficient (Wildman–Crippen LogP) is -8.03. The maximum Gasteiger partial charge on any atom is 0.335 e.